The minimum Gasteiger partial charge on any atom is -0.484 e. The Kier molecular flexibility index (Phi) is 6.86. The van der Waals surface area contributed by atoms with E-state index in [2.05, 4.69) is 10.1 Å². The largest absolute Gasteiger partial charge is 0.484 e. The van der Waals surface area contributed by atoms with Gasteiger partial charge in [0.15, 0.2) is 18.2 Å². The van der Waals surface area contributed by atoms with Gasteiger partial charge in [0.05, 0.1) is 4.90 Å². The zero-order valence-electron chi connectivity index (χ0n) is 16.4. The molecule has 0 amide bonds. The van der Waals surface area contributed by atoms with Crippen LogP contribution in [0.25, 0.3) is 0 Å². The normalized spacial score (nSPS) is 11.6. The molecule has 0 N–H and O–H groups in total. The van der Waals surface area contributed by atoms with Crippen LogP contribution >= 0.6 is 11.6 Å². The van der Waals surface area contributed by atoms with Crippen LogP contribution in [0, 0.1) is 0 Å². The van der Waals surface area contributed by atoms with Gasteiger partial charge in [-0.2, -0.15) is 4.98 Å². The Bertz CT molecular complexity index is 1110. The summed E-state index contributed by atoms with van der Waals surface area (Å²) in [7, 11) is -2.22. The second kappa shape index (κ2) is 9.38. The van der Waals surface area contributed by atoms with Crippen molar-refractivity contribution in [1.82, 2.24) is 14.4 Å². The molecule has 0 unspecified atom stereocenters. The van der Waals surface area contributed by atoms with Gasteiger partial charge in [0.25, 0.3) is 5.89 Å². The SMILES string of the molecule is CC(=O)c1ccc(S(=O)(=O)N(C)CCc2noc(COc3ccc(Cl)cc3)n2)cc1. The number of likely N-dealkylation sites (N-methyl/N-ethyl adjacent to an activating group) is 1. The zero-order chi connectivity index (χ0) is 21.7. The monoisotopic (exact) mass is 449 g/mol. The van der Waals surface area contributed by atoms with Gasteiger partial charge in [0, 0.05) is 30.6 Å². The first-order chi connectivity index (χ1) is 14.3. The van der Waals surface area contributed by atoms with Crippen molar-refractivity contribution >= 4 is 27.4 Å². The van der Waals surface area contributed by atoms with Crippen molar-refractivity contribution in [3.8, 4) is 5.75 Å². The molecule has 0 bridgehead atoms. The van der Waals surface area contributed by atoms with Gasteiger partial charge < -0.3 is 9.26 Å². The number of hydrogen-bond acceptors (Lipinski definition) is 7. The molecule has 3 aromatic rings. The maximum Gasteiger partial charge on any atom is 0.264 e. The number of sulfonamides is 1. The van der Waals surface area contributed by atoms with E-state index in [1.807, 2.05) is 0 Å². The summed E-state index contributed by atoms with van der Waals surface area (Å²) < 4.78 is 37.2. The zero-order valence-corrected chi connectivity index (χ0v) is 18.0. The van der Waals surface area contributed by atoms with E-state index < -0.39 is 10.0 Å². The van der Waals surface area contributed by atoms with Crippen molar-refractivity contribution in [2.45, 2.75) is 24.8 Å². The van der Waals surface area contributed by atoms with Crippen LogP contribution < -0.4 is 4.74 Å². The number of ketones is 1. The maximum absolute atomic E-state index is 12.7. The van der Waals surface area contributed by atoms with Gasteiger partial charge in [-0.25, -0.2) is 12.7 Å². The number of Topliss-reactive ketones (excluding diaryl/α,β-unsaturated/α-hetero) is 1. The molecule has 0 atom stereocenters. The van der Waals surface area contributed by atoms with E-state index in [4.69, 9.17) is 20.9 Å². The molecular weight excluding hydrogens is 430 g/mol. The van der Waals surface area contributed by atoms with Crippen molar-refractivity contribution < 1.29 is 22.5 Å². The molecule has 1 heterocycles. The number of nitrogens with zero attached hydrogens (tertiary/aromatic N) is 3. The Morgan fingerprint density at radius 3 is 2.43 bits per heavy atom. The van der Waals surface area contributed by atoms with E-state index in [-0.39, 0.29) is 36.1 Å². The highest BCUT2D eigenvalue weighted by molar-refractivity contribution is 7.89. The van der Waals surface area contributed by atoms with Crippen LogP contribution in [0.2, 0.25) is 5.02 Å². The predicted molar refractivity (Wildman–Crippen MR) is 110 cm³/mol. The average molecular weight is 450 g/mol. The van der Waals surface area contributed by atoms with E-state index in [0.29, 0.717) is 22.2 Å². The standard InChI is InChI=1S/C20H20ClN3O5S/c1-14(25)15-3-9-18(10-4-15)30(26,27)24(2)12-11-19-22-20(29-23-19)13-28-17-7-5-16(21)6-8-17/h3-10H,11-13H2,1-2H3. The van der Waals surface area contributed by atoms with Crippen LogP contribution in [0.5, 0.6) is 5.75 Å². The summed E-state index contributed by atoms with van der Waals surface area (Å²) in [5.74, 6) is 1.14. The predicted octanol–water partition coefficient (Wildman–Crippen LogP) is 3.37. The molecular formula is C20H20ClN3O5S. The molecule has 8 nitrogen and oxygen atoms in total. The minimum atomic E-state index is -3.69. The van der Waals surface area contributed by atoms with Crippen LogP contribution in [0.15, 0.2) is 57.9 Å². The van der Waals surface area contributed by atoms with Crippen molar-refractivity contribution in [2.75, 3.05) is 13.6 Å². The Labute approximate surface area is 179 Å². The molecule has 0 aliphatic rings. The lowest BCUT2D eigenvalue weighted by Gasteiger charge is -2.16. The first kappa shape index (κ1) is 21.9. The van der Waals surface area contributed by atoms with Gasteiger partial charge in [0.1, 0.15) is 5.75 Å². The minimum absolute atomic E-state index is 0.0886. The van der Waals surface area contributed by atoms with Crippen LogP contribution in [-0.4, -0.2) is 42.2 Å². The fourth-order valence-corrected chi connectivity index (χ4v) is 3.84. The Morgan fingerprint density at radius 2 is 1.80 bits per heavy atom. The number of hydrogen-bond donors (Lipinski definition) is 0. The highest BCUT2D eigenvalue weighted by atomic mass is 35.5. The molecule has 30 heavy (non-hydrogen) atoms. The van der Waals surface area contributed by atoms with E-state index >= 15 is 0 Å². The fourth-order valence-electron chi connectivity index (χ4n) is 2.55. The fraction of sp³-hybridized carbons (Fsp3) is 0.250. The molecule has 158 valence electrons. The van der Waals surface area contributed by atoms with Crippen molar-refractivity contribution in [3.63, 3.8) is 0 Å². The van der Waals surface area contributed by atoms with Gasteiger partial charge in [-0.3, -0.25) is 4.79 Å². The number of ether oxygens (including phenoxy) is 1. The van der Waals surface area contributed by atoms with Crippen LogP contribution in [0.3, 0.4) is 0 Å². The molecule has 0 aliphatic carbocycles. The van der Waals surface area contributed by atoms with Crippen LogP contribution in [0.4, 0.5) is 0 Å². The molecule has 0 fully saturated rings. The second-order valence-corrected chi connectivity index (χ2v) is 8.99. The number of benzene rings is 2. The second-order valence-electron chi connectivity index (χ2n) is 6.50. The van der Waals surface area contributed by atoms with E-state index in [1.165, 1.54) is 42.5 Å². The lowest BCUT2D eigenvalue weighted by molar-refractivity contribution is 0.101. The Balaban J connectivity index is 1.55. The molecule has 0 saturated heterocycles. The highest BCUT2D eigenvalue weighted by Gasteiger charge is 2.21. The van der Waals surface area contributed by atoms with Crippen molar-refractivity contribution in [2.24, 2.45) is 0 Å². The maximum atomic E-state index is 12.7. The topological polar surface area (TPSA) is 103 Å². The summed E-state index contributed by atoms with van der Waals surface area (Å²) in [6.45, 7) is 1.67. The van der Waals surface area contributed by atoms with Gasteiger partial charge in [0.2, 0.25) is 10.0 Å². The number of rotatable bonds is 9. The lowest BCUT2D eigenvalue weighted by Crippen LogP contribution is -2.29. The molecule has 0 aliphatic heterocycles. The van der Waals surface area contributed by atoms with E-state index in [1.54, 1.807) is 24.3 Å². The first-order valence-corrected chi connectivity index (χ1v) is 10.8. The molecule has 0 saturated carbocycles. The summed E-state index contributed by atoms with van der Waals surface area (Å²) in [4.78, 5) is 15.7. The van der Waals surface area contributed by atoms with Crippen LogP contribution in [-0.2, 0) is 23.1 Å². The third-order valence-electron chi connectivity index (χ3n) is 4.31. The number of aromatic nitrogens is 2. The number of halogens is 1. The molecule has 10 heteroatoms. The third kappa shape index (κ3) is 5.44. The summed E-state index contributed by atoms with van der Waals surface area (Å²) in [5, 5.41) is 4.46. The first-order valence-electron chi connectivity index (χ1n) is 9.03. The summed E-state index contributed by atoms with van der Waals surface area (Å²) in [6.07, 6.45) is 0.270. The van der Waals surface area contributed by atoms with E-state index in [0.717, 1.165) is 0 Å². The molecule has 3 rings (SSSR count). The molecule has 1 aromatic heterocycles. The summed E-state index contributed by atoms with van der Waals surface area (Å²) in [6, 6.07) is 12.7. The summed E-state index contributed by atoms with van der Waals surface area (Å²) >= 11 is 5.83. The number of carbonyl (C=O) groups is 1. The number of carbonyl (C=O) groups excluding carboxylic acids is 1. The smallest absolute Gasteiger partial charge is 0.264 e. The van der Waals surface area contributed by atoms with Gasteiger partial charge in [-0.05, 0) is 43.3 Å². The van der Waals surface area contributed by atoms with E-state index in [9.17, 15) is 13.2 Å². The van der Waals surface area contributed by atoms with Gasteiger partial charge in [-0.15, -0.1) is 0 Å². The van der Waals surface area contributed by atoms with Crippen molar-refractivity contribution in [3.05, 3.63) is 70.8 Å². The quantitative estimate of drug-likeness (QED) is 0.461. The average Bonchev–Trinajstić information content (AvgIpc) is 3.19. The third-order valence-corrected chi connectivity index (χ3v) is 6.43. The van der Waals surface area contributed by atoms with Crippen LogP contribution in [0.1, 0.15) is 29.0 Å². The molecule has 0 radical (unpaired) electrons. The van der Waals surface area contributed by atoms with Gasteiger partial charge >= 0.3 is 0 Å². The molecule has 0 spiro atoms. The molecule has 2 aromatic carbocycles. The Morgan fingerprint density at radius 1 is 1.13 bits per heavy atom. The Hall–Kier alpha value is -2.75. The van der Waals surface area contributed by atoms with Crippen molar-refractivity contribution in [1.29, 1.82) is 0 Å². The summed E-state index contributed by atoms with van der Waals surface area (Å²) in [5.41, 5.74) is 0.455. The lowest BCUT2D eigenvalue weighted by atomic mass is 10.2. The highest BCUT2D eigenvalue weighted by Crippen LogP contribution is 2.18. The van der Waals surface area contributed by atoms with Gasteiger partial charge in [-0.1, -0.05) is 28.9 Å².